The van der Waals surface area contributed by atoms with Crippen molar-refractivity contribution in [2.75, 3.05) is 12.4 Å². The Balaban J connectivity index is 2.39. The van der Waals surface area contributed by atoms with E-state index in [9.17, 15) is 10.1 Å². The first-order chi connectivity index (χ1) is 9.49. The Morgan fingerprint density at radius 2 is 2.00 bits per heavy atom. The Kier molecular flexibility index (Phi) is 4.10. The molecule has 0 atom stereocenters. The van der Waals surface area contributed by atoms with E-state index in [1.807, 2.05) is 13.0 Å². The van der Waals surface area contributed by atoms with E-state index >= 15 is 0 Å². The molecule has 104 valence electrons. The van der Waals surface area contributed by atoms with Gasteiger partial charge in [0.1, 0.15) is 11.5 Å². The smallest absolute Gasteiger partial charge is 0.275 e. The summed E-state index contributed by atoms with van der Waals surface area (Å²) in [4.78, 5) is 10.4. The summed E-state index contributed by atoms with van der Waals surface area (Å²) in [6, 6.07) is 9.83. The lowest BCUT2D eigenvalue weighted by Crippen LogP contribution is -1.94. The van der Waals surface area contributed by atoms with Crippen LogP contribution in [0.3, 0.4) is 0 Å². The predicted molar refractivity (Wildman–Crippen MR) is 78.9 cm³/mol. The zero-order chi connectivity index (χ0) is 14.7. The standard InChI is InChI=1S/C14H13ClN2O3/c1-9-3-4-13(15)14(5-9)20-12-7-10(16-2)6-11(8-12)17(18)19/h3-8,16H,1-2H3. The van der Waals surface area contributed by atoms with Crippen LogP contribution < -0.4 is 10.1 Å². The number of nitrogens with one attached hydrogen (secondary N) is 1. The van der Waals surface area contributed by atoms with Gasteiger partial charge < -0.3 is 10.1 Å². The molecule has 0 fully saturated rings. The fourth-order valence-electron chi connectivity index (χ4n) is 1.71. The van der Waals surface area contributed by atoms with E-state index in [4.69, 9.17) is 16.3 Å². The number of non-ortho nitro benzene ring substituents is 1. The van der Waals surface area contributed by atoms with Crippen molar-refractivity contribution >= 4 is 23.0 Å². The summed E-state index contributed by atoms with van der Waals surface area (Å²) in [5.74, 6) is 0.824. The van der Waals surface area contributed by atoms with Gasteiger partial charge in [-0.25, -0.2) is 0 Å². The second-order valence-corrected chi connectivity index (χ2v) is 4.67. The third kappa shape index (κ3) is 3.19. The van der Waals surface area contributed by atoms with Crippen molar-refractivity contribution in [3.8, 4) is 11.5 Å². The SMILES string of the molecule is CNc1cc(Oc2cc(C)ccc2Cl)cc([N+](=O)[O-])c1. The molecule has 0 aromatic heterocycles. The molecule has 0 unspecified atom stereocenters. The molecule has 0 amide bonds. The highest BCUT2D eigenvalue weighted by Gasteiger charge is 2.12. The lowest BCUT2D eigenvalue weighted by molar-refractivity contribution is -0.384. The molecule has 0 aliphatic carbocycles. The van der Waals surface area contributed by atoms with Crippen LogP contribution >= 0.6 is 11.6 Å². The normalized spacial score (nSPS) is 10.2. The highest BCUT2D eigenvalue weighted by molar-refractivity contribution is 6.32. The van der Waals surface area contributed by atoms with Crippen molar-refractivity contribution in [1.29, 1.82) is 0 Å². The zero-order valence-electron chi connectivity index (χ0n) is 11.0. The molecule has 0 radical (unpaired) electrons. The minimum atomic E-state index is -0.467. The van der Waals surface area contributed by atoms with E-state index in [2.05, 4.69) is 5.32 Å². The number of ether oxygens (including phenoxy) is 1. The van der Waals surface area contributed by atoms with Crippen LogP contribution in [0.1, 0.15) is 5.56 Å². The summed E-state index contributed by atoms with van der Waals surface area (Å²) in [6.07, 6.45) is 0. The number of anilines is 1. The maximum absolute atomic E-state index is 10.9. The molecule has 0 saturated heterocycles. The first-order valence-corrected chi connectivity index (χ1v) is 6.28. The lowest BCUT2D eigenvalue weighted by atomic mass is 10.2. The van der Waals surface area contributed by atoms with Crippen molar-refractivity contribution in [2.24, 2.45) is 0 Å². The molecular formula is C14H13ClN2O3. The van der Waals surface area contributed by atoms with Gasteiger partial charge in [0.15, 0.2) is 0 Å². The third-order valence-corrected chi connectivity index (χ3v) is 3.02. The molecule has 2 rings (SSSR count). The van der Waals surface area contributed by atoms with E-state index in [-0.39, 0.29) is 5.69 Å². The molecule has 5 nitrogen and oxygen atoms in total. The predicted octanol–water partition coefficient (Wildman–Crippen LogP) is 4.39. The van der Waals surface area contributed by atoms with E-state index in [1.165, 1.54) is 12.1 Å². The van der Waals surface area contributed by atoms with Crippen LogP contribution in [-0.4, -0.2) is 12.0 Å². The van der Waals surface area contributed by atoms with Crippen LogP contribution in [0.15, 0.2) is 36.4 Å². The van der Waals surface area contributed by atoms with Crippen molar-refractivity contribution in [3.63, 3.8) is 0 Å². The molecule has 0 heterocycles. The van der Waals surface area contributed by atoms with Crippen LogP contribution in [0, 0.1) is 17.0 Å². The molecule has 1 N–H and O–H groups in total. The van der Waals surface area contributed by atoms with Crippen LogP contribution in [0.4, 0.5) is 11.4 Å². The van der Waals surface area contributed by atoms with Gasteiger partial charge in [0.2, 0.25) is 0 Å². The molecule has 2 aromatic carbocycles. The number of nitro groups is 1. The molecule has 0 saturated carbocycles. The Labute approximate surface area is 121 Å². The number of aryl methyl sites for hydroxylation is 1. The highest BCUT2D eigenvalue weighted by atomic mass is 35.5. The minimum Gasteiger partial charge on any atom is -0.455 e. The fourth-order valence-corrected chi connectivity index (χ4v) is 1.86. The molecule has 0 aliphatic heterocycles. The average Bonchev–Trinajstić information content (AvgIpc) is 2.42. The quantitative estimate of drug-likeness (QED) is 0.670. The number of hydrogen-bond donors (Lipinski definition) is 1. The Hall–Kier alpha value is -2.27. The minimum absolute atomic E-state index is 0.0457. The Morgan fingerprint density at radius 3 is 2.65 bits per heavy atom. The van der Waals surface area contributed by atoms with Gasteiger partial charge in [-0.15, -0.1) is 0 Å². The van der Waals surface area contributed by atoms with E-state index in [1.54, 1.807) is 25.2 Å². The van der Waals surface area contributed by atoms with Gasteiger partial charge in [-0.2, -0.15) is 0 Å². The maximum Gasteiger partial charge on any atom is 0.275 e. The second kappa shape index (κ2) is 5.79. The number of rotatable bonds is 4. The maximum atomic E-state index is 10.9. The monoisotopic (exact) mass is 292 g/mol. The van der Waals surface area contributed by atoms with Crippen LogP contribution in [0.25, 0.3) is 0 Å². The molecular weight excluding hydrogens is 280 g/mol. The average molecular weight is 293 g/mol. The van der Waals surface area contributed by atoms with Gasteiger partial charge in [-0.05, 0) is 24.6 Å². The number of benzene rings is 2. The first kappa shape index (κ1) is 14.1. The summed E-state index contributed by atoms with van der Waals surface area (Å²) in [5, 5.41) is 14.2. The van der Waals surface area contributed by atoms with Gasteiger partial charge in [0, 0.05) is 24.9 Å². The topological polar surface area (TPSA) is 64.4 Å². The van der Waals surface area contributed by atoms with Crippen molar-refractivity contribution in [3.05, 3.63) is 57.1 Å². The van der Waals surface area contributed by atoms with Crippen molar-refractivity contribution in [2.45, 2.75) is 6.92 Å². The van der Waals surface area contributed by atoms with Gasteiger partial charge in [0.25, 0.3) is 5.69 Å². The number of hydrogen-bond acceptors (Lipinski definition) is 4. The number of halogens is 1. The molecule has 2 aromatic rings. The van der Waals surface area contributed by atoms with Gasteiger partial charge in [-0.1, -0.05) is 17.7 Å². The molecule has 20 heavy (non-hydrogen) atoms. The van der Waals surface area contributed by atoms with Crippen LogP contribution in [0.5, 0.6) is 11.5 Å². The van der Waals surface area contributed by atoms with Gasteiger partial charge in [0.05, 0.1) is 16.0 Å². The van der Waals surface area contributed by atoms with Crippen molar-refractivity contribution in [1.82, 2.24) is 0 Å². The van der Waals surface area contributed by atoms with Crippen LogP contribution in [-0.2, 0) is 0 Å². The molecule has 0 bridgehead atoms. The number of nitro benzene ring substituents is 1. The van der Waals surface area contributed by atoms with E-state index in [0.717, 1.165) is 5.56 Å². The second-order valence-electron chi connectivity index (χ2n) is 4.26. The fraction of sp³-hybridized carbons (Fsp3) is 0.143. The lowest BCUT2D eigenvalue weighted by Gasteiger charge is -2.10. The Morgan fingerprint density at radius 1 is 1.25 bits per heavy atom. The Bertz CT molecular complexity index is 659. The summed E-state index contributed by atoms with van der Waals surface area (Å²) < 4.78 is 5.65. The third-order valence-electron chi connectivity index (χ3n) is 2.71. The highest BCUT2D eigenvalue weighted by Crippen LogP contribution is 2.33. The summed E-state index contributed by atoms with van der Waals surface area (Å²) >= 11 is 6.05. The van der Waals surface area contributed by atoms with Gasteiger partial charge in [-0.3, -0.25) is 10.1 Å². The largest absolute Gasteiger partial charge is 0.455 e. The first-order valence-electron chi connectivity index (χ1n) is 5.91. The summed E-state index contributed by atoms with van der Waals surface area (Å²) in [6.45, 7) is 1.91. The van der Waals surface area contributed by atoms with Gasteiger partial charge >= 0.3 is 0 Å². The summed E-state index contributed by atoms with van der Waals surface area (Å²) in [5.41, 5.74) is 1.54. The molecule has 0 aliphatic rings. The summed E-state index contributed by atoms with van der Waals surface area (Å²) in [7, 11) is 1.68. The van der Waals surface area contributed by atoms with E-state index < -0.39 is 4.92 Å². The molecule has 6 heteroatoms. The molecule has 0 spiro atoms. The zero-order valence-corrected chi connectivity index (χ0v) is 11.8. The van der Waals surface area contributed by atoms with Crippen molar-refractivity contribution < 1.29 is 9.66 Å². The van der Waals surface area contributed by atoms with Crippen LogP contribution in [0.2, 0.25) is 5.02 Å². The number of nitrogens with zero attached hydrogens (tertiary/aromatic N) is 1. The van der Waals surface area contributed by atoms with E-state index in [0.29, 0.717) is 22.2 Å².